The standard InChI is InChI=1S/C16H27BrN6O5SSi/c1-16(2,3)28-15(24)19-29(25,26)23-8-7-12(17)13(23)14-18-20-21-22(14)11-27-9-10-30(4,5)6/h7-8H,9-11H2,1-6H3,(H,19,24). The van der Waals surface area contributed by atoms with Crippen molar-refractivity contribution in [1.82, 2.24) is 28.9 Å². The van der Waals surface area contributed by atoms with E-state index in [2.05, 4.69) is 51.1 Å². The highest BCUT2D eigenvalue weighted by molar-refractivity contribution is 9.10. The van der Waals surface area contributed by atoms with Gasteiger partial charge in [-0.2, -0.15) is 13.1 Å². The molecule has 2 rings (SSSR count). The van der Waals surface area contributed by atoms with E-state index < -0.39 is 30.0 Å². The second-order valence-electron chi connectivity index (χ2n) is 8.77. The summed E-state index contributed by atoms with van der Waals surface area (Å²) < 4.78 is 40.8. The summed E-state index contributed by atoms with van der Waals surface area (Å²) in [5.41, 5.74) is -0.707. The third kappa shape index (κ3) is 6.89. The van der Waals surface area contributed by atoms with Gasteiger partial charge in [-0.1, -0.05) is 19.6 Å². The average Bonchev–Trinajstić information content (AvgIpc) is 3.14. The van der Waals surface area contributed by atoms with Crippen LogP contribution in [0.1, 0.15) is 20.8 Å². The number of tetrazole rings is 1. The Morgan fingerprint density at radius 1 is 1.30 bits per heavy atom. The van der Waals surface area contributed by atoms with Crippen molar-refractivity contribution < 1.29 is 22.7 Å². The Labute approximate surface area is 185 Å². The van der Waals surface area contributed by atoms with Crippen LogP contribution in [-0.2, 0) is 26.4 Å². The first-order valence-corrected chi connectivity index (χ1v) is 15.1. The lowest BCUT2D eigenvalue weighted by molar-refractivity contribution is 0.0569. The molecule has 1 amide bonds. The number of nitrogens with zero attached hydrogens (tertiary/aromatic N) is 5. The van der Waals surface area contributed by atoms with Crippen LogP contribution >= 0.6 is 15.9 Å². The van der Waals surface area contributed by atoms with E-state index in [9.17, 15) is 13.2 Å². The van der Waals surface area contributed by atoms with Crippen LogP contribution in [0.15, 0.2) is 16.7 Å². The minimum absolute atomic E-state index is 0.0595. The predicted molar refractivity (Wildman–Crippen MR) is 117 cm³/mol. The molecule has 0 aliphatic heterocycles. The van der Waals surface area contributed by atoms with Crippen LogP contribution in [0.4, 0.5) is 4.79 Å². The van der Waals surface area contributed by atoms with Gasteiger partial charge in [-0.3, -0.25) is 0 Å². The molecule has 168 valence electrons. The van der Waals surface area contributed by atoms with Crippen LogP contribution in [0.2, 0.25) is 25.7 Å². The number of halogens is 1. The molecule has 2 aromatic heterocycles. The van der Waals surface area contributed by atoms with E-state index in [0.29, 0.717) is 11.1 Å². The van der Waals surface area contributed by atoms with Crippen molar-refractivity contribution in [3.8, 4) is 11.5 Å². The normalized spacial score (nSPS) is 12.8. The highest BCUT2D eigenvalue weighted by Gasteiger charge is 2.28. The van der Waals surface area contributed by atoms with Gasteiger partial charge < -0.3 is 9.47 Å². The van der Waals surface area contributed by atoms with Gasteiger partial charge in [-0.15, -0.1) is 5.10 Å². The average molecular weight is 523 g/mol. The molecule has 30 heavy (non-hydrogen) atoms. The Bertz CT molecular complexity index is 993. The van der Waals surface area contributed by atoms with Crippen molar-refractivity contribution in [1.29, 1.82) is 0 Å². The Hall–Kier alpha value is -1.77. The first kappa shape index (κ1) is 24.5. The Morgan fingerprint density at radius 3 is 2.57 bits per heavy atom. The summed E-state index contributed by atoms with van der Waals surface area (Å²) in [5, 5.41) is 11.4. The van der Waals surface area contributed by atoms with Gasteiger partial charge in [-0.05, 0) is 59.2 Å². The predicted octanol–water partition coefficient (Wildman–Crippen LogP) is 2.83. The number of ether oxygens (including phenoxy) is 2. The zero-order valence-corrected chi connectivity index (χ0v) is 21.2. The molecule has 1 N–H and O–H groups in total. The first-order chi connectivity index (χ1) is 13.7. The number of hydrogen-bond donors (Lipinski definition) is 1. The second kappa shape index (κ2) is 9.16. The van der Waals surface area contributed by atoms with E-state index in [-0.39, 0.29) is 18.2 Å². The van der Waals surface area contributed by atoms with Gasteiger partial charge in [0, 0.05) is 25.4 Å². The van der Waals surface area contributed by atoms with Gasteiger partial charge in [0.05, 0.1) is 0 Å². The molecular formula is C16H27BrN6O5SSi. The van der Waals surface area contributed by atoms with E-state index in [1.807, 2.05) is 4.72 Å². The van der Waals surface area contributed by atoms with Crippen LogP contribution in [0.5, 0.6) is 0 Å². The zero-order valence-electron chi connectivity index (χ0n) is 17.8. The molecule has 0 aliphatic rings. The van der Waals surface area contributed by atoms with Crippen molar-refractivity contribution in [2.45, 2.75) is 58.8 Å². The topological polar surface area (TPSA) is 130 Å². The first-order valence-electron chi connectivity index (χ1n) is 9.17. The van der Waals surface area contributed by atoms with Gasteiger partial charge in [0.15, 0.2) is 0 Å². The maximum atomic E-state index is 12.8. The fraction of sp³-hybridized carbons (Fsp3) is 0.625. The number of nitrogens with one attached hydrogen (secondary N) is 1. The quantitative estimate of drug-likeness (QED) is 0.413. The fourth-order valence-corrected chi connectivity index (χ4v) is 4.59. The lowest BCUT2D eigenvalue weighted by Crippen LogP contribution is -2.39. The Balaban J connectivity index is 2.24. The molecule has 0 aromatic carbocycles. The molecule has 0 spiro atoms. The third-order valence-corrected chi connectivity index (χ3v) is 7.22. The number of amides is 1. The van der Waals surface area contributed by atoms with Crippen molar-refractivity contribution in [3.05, 3.63) is 16.7 Å². The number of carbonyl (C=O) groups is 1. The molecule has 2 heterocycles. The number of aromatic nitrogens is 5. The smallest absolute Gasteiger partial charge is 0.422 e. The van der Waals surface area contributed by atoms with Crippen molar-refractivity contribution in [3.63, 3.8) is 0 Å². The summed E-state index contributed by atoms with van der Waals surface area (Å²) in [6.07, 6.45) is 0.185. The minimum atomic E-state index is -4.31. The monoisotopic (exact) mass is 522 g/mol. The van der Waals surface area contributed by atoms with Gasteiger partial charge in [0.1, 0.15) is 18.0 Å². The molecule has 0 radical (unpaired) electrons. The minimum Gasteiger partial charge on any atom is -0.443 e. The number of hydrogen-bond acceptors (Lipinski definition) is 8. The molecule has 0 fully saturated rings. The van der Waals surface area contributed by atoms with Crippen LogP contribution in [0.3, 0.4) is 0 Å². The van der Waals surface area contributed by atoms with Gasteiger partial charge >= 0.3 is 16.3 Å². The molecule has 0 unspecified atom stereocenters. The lowest BCUT2D eigenvalue weighted by Gasteiger charge is -2.20. The summed E-state index contributed by atoms with van der Waals surface area (Å²) in [6.45, 7) is 12.2. The van der Waals surface area contributed by atoms with Crippen molar-refractivity contribution >= 4 is 40.3 Å². The second-order valence-corrected chi connectivity index (χ2v) is 16.8. The number of rotatable bonds is 8. The maximum absolute atomic E-state index is 12.8. The van der Waals surface area contributed by atoms with Crippen LogP contribution < -0.4 is 4.72 Å². The van der Waals surface area contributed by atoms with E-state index >= 15 is 0 Å². The molecule has 0 aliphatic carbocycles. The molecule has 0 bridgehead atoms. The molecule has 11 nitrogen and oxygen atoms in total. The summed E-state index contributed by atoms with van der Waals surface area (Å²) >= 11 is 3.31. The van der Waals surface area contributed by atoms with Crippen LogP contribution in [0.25, 0.3) is 11.5 Å². The van der Waals surface area contributed by atoms with Crippen molar-refractivity contribution in [2.75, 3.05) is 6.61 Å². The summed E-state index contributed by atoms with van der Waals surface area (Å²) in [4.78, 5) is 12.0. The molecule has 0 atom stereocenters. The highest BCUT2D eigenvalue weighted by atomic mass is 79.9. The molecule has 14 heteroatoms. The van der Waals surface area contributed by atoms with Crippen LogP contribution in [-0.4, -0.2) is 59.0 Å². The van der Waals surface area contributed by atoms with E-state index in [4.69, 9.17) is 9.47 Å². The van der Waals surface area contributed by atoms with Crippen LogP contribution in [0, 0.1) is 0 Å². The zero-order chi connectivity index (χ0) is 22.7. The molecule has 0 saturated carbocycles. The molecule has 2 aromatic rings. The summed E-state index contributed by atoms with van der Waals surface area (Å²) in [5.74, 6) is 0.162. The summed E-state index contributed by atoms with van der Waals surface area (Å²) in [6, 6.07) is 2.48. The fourth-order valence-electron chi connectivity index (χ4n) is 2.24. The molecule has 0 saturated heterocycles. The van der Waals surface area contributed by atoms with Crippen molar-refractivity contribution in [2.24, 2.45) is 0 Å². The third-order valence-electron chi connectivity index (χ3n) is 3.63. The van der Waals surface area contributed by atoms with Gasteiger partial charge in [-0.25, -0.2) is 13.5 Å². The Kier molecular flexibility index (Phi) is 7.48. The lowest BCUT2D eigenvalue weighted by atomic mass is 10.2. The van der Waals surface area contributed by atoms with Gasteiger partial charge in [0.25, 0.3) is 0 Å². The van der Waals surface area contributed by atoms with E-state index in [1.165, 1.54) is 16.9 Å². The summed E-state index contributed by atoms with van der Waals surface area (Å²) in [7, 11) is -5.56. The van der Waals surface area contributed by atoms with E-state index in [1.54, 1.807) is 20.8 Å². The number of carbonyl (C=O) groups excluding carboxylic acids is 1. The molecular weight excluding hydrogens is 496 g/mol. The largest absolute Gasteiger partial charge is 0.443 e. The highest BCUT2D eigenvalue weighted by Crippen LogP contribution is 2.29. The SMILES string of the molecule is CC(C)(C)OC(=O)NS(=O)(=O)n1ccc(Br)c1-c1nnnn1COCC[Si](C)(C)C. The van der Waals surface area contributed by atoms with E-state index in [0.717, 1.165) is 10.0 Å². The Morgan fingerprint density at radius 2 is 1.97 bits per heavy atom. The van der Waals surface area contributed by atoms with Gasteiger partial charge in [0.2, 0.25) is 5.82 Å². The maximum Gasteiger partial charge on any atom is 0.422 e.